The van der Waals surface area contributed by atoms with Gasteiger partial charge in [-0.05, 0) is 31.9 Å². The Bertz CT molecular complexity index is 390. The Kier molecular flexibility index (Phi) is 4.19. The first kappa shape index (κ1) is 12.8. The second kappa shape index (κ2) is 5.21. The Labute approximate surface area is 103 Å². The van der Waals surface area contributed by atoms with E-state index in [9.17, 15) is 0 Å². The van der Waals surface area contributed by atoms with Crippen molar-refractivity contribution in [3.8, 4) is 0 Å². The van der Waals surface area contributed by atoms with Crippen LogP contribution in [0.1, 0.15) is 16.7 Å². The van der Waals surface area contributed by atoms with E-state index in [4.69, 9.17) is 0 Å². The van der Waals surface area contributed by atoms with Crippen molar-refractivity contribution in [2.75, 3.05) is 18.4 Å². The third-order valence-electron chi connectivity index (χ3n) is 2.59. The van der Waals surface area contributed by atoms with E-state index >= 15 is 0 Å². The van der Waals surface area contributed by atoms with Crippen LogP contribution in [0, 0.1) is 20.8 Å². The van der Waals surface area contributed by atoms with Gasteiger partial charge in [0.1, 0.15) is 0 Å². The Morgan fingerprint density at radius 3 is 2.31 bits per heavy atom. The van der Waals surface area contributed by atoms with Crippen LogP contribution in [0.2, 0.25) is 0 Å². The highest BCUT2D eigenvalue weighted by Crippen LogP contribution is 2.21. The molecule has 1 aliphatic heterocycles. The molecule has 0 aliphatic carbocycles. The zero-order chi connectivity index (χ0) is 10.8. The van der Waals surface area contributed by atoms with Crippen molar-refractivity contribution < 1.29 is 0 Å². The van der Waals surface area contributed by atoms with Crippen LogP contribution in [-0.2, 0) is 0 Å². The van der Waals surface area contributed by atoms with Crippen molar-refractivity contribution in [2.45, 2.75) is 20.8 Å². The minimum Gasteiger partial charge on any atom is -0.354 e. The number of aryl methyl sites for hydroxylation is 3. The number of anilines is 1. The fraction of sp³-hybridized carbons (Fsp3) is 0.417. The predicted molar refractivity (Wildman–Crippen MR) is 71.8 cm³/mol. The first-order chi connectivity index (χ1) is 7.16. The summed E-state index contributed by atoms with van der Waals surface area (Å²) in [5, 5.41) is 6.56. The van der Waals surface area contributed by atoms with Gasteiger partial charge in [0.15, 0.2) is 5.96 Å². The molecule has 2 rings (SSSR count). The van der Waals surface area contributed by atoms with Crippen molar-refractivity contribution in [1.29, 1.82) is 0 Å². The SMILES string of the molecule is Cc1cc(C)c(NC2=NCCN2)c(C)c1.Cl. The lowest BCUT2D eigenvalue weighted by atomic mass is 10.1. The number of benzene rings is 1. The van der Waals surface area contributed by atoms with Crippen molar-refractivity contribution in [3.63, 3.8) is 0 Å². The molecule has 88 valence electrons. The van der Waals surface area contributed by atoms with Gasteiger partial charge in [-0.1, -0.05) is 17.7 Å². The molecular weight excluding hydrogens is 222 g/mol. The molecule has 1 aliphatic rings. The van der Waals surface area contributed by atoms with Crippen molar-refractivity contribution >= 4 is 24.1 Å². The van der Waals surface area contributed by atoms with Gasteiger partial charge in [-0.25, -0.2) is 0 Å². The van der Waals surface area contributed by atoms with Gasteiger partial charge in [0.25, 0.3) is 0 Å². The summed E-state index contributed by atoms with van der Waals surface area (Å²) in [6.45, 7) is 8.17. The number of halogens is 1. The molecule has 0 saturated carbocycles. The van der Waals surface area contributed by atoms with Crippen LogP contribution in [0.15, 0.2) is 17.1 Å². The predicted octanol–water partition coefficient (Wildman–Crippen LogP) is 2.40. The summed E-state index contributed by atoms with van der Waals surface area (Å²) < 4.78 is 0. The van der Waals surface area contributed by atoms with Gasteiger partial charge in [0.05, 0.1) is 6.54 Å². The van der Waals surface area contributed by atoms with E-state index in [0.717, 1.165) is 19.0 Å². The average molecular weight is 240 g/mol. The second-order valence-electron chi connectivity index (χ2n) is 4.06. The van der Waals surface area contributed by atoms with Gasteiger partial charge in [-0.15, -0.1) is 12.4 Å². The molecule has 3 nitrogen and oxygen atoms in total. The molecule has 0 radical (unpaired) electrons. The highest BCUT2D eigenvalue weighted by molar-refractivity contribution is 5.95. The van der Waals surface area contributed by atoms with Crippen LogP contribution >= 0.6 is 12.4 Å². The lowest BCUT2D eigenvalue weighted by Crippen LogP contribution is -2.26. The maximum atomic E-state index is 4.33. The maximum Gasteiger partial charge on any atom is 0.195 e. The number of guanidine groups is 1. The van der Waals surface area contributed by atoms with Gasteiger partial charge in [0, 0.05) is 12.2 Å². The summed E-state index contributed by atoms with van der Waals surface area (Å²) in [5.74, 6) is 0.894. The molecular formula is C12H18ClN3. The third-order valence-corrected chi connectivity index (χ3v) is 2.59. The number of rotatable bonds is 1. The van der Waals surface area contributed by atoms with Crippen LogP contribution in [0.5, 0.6) is 0 Å². The topological polar surface area (TPSA) is 36.4 Å². The van der Waals surface area contributed by atoms with Crippen molar-refractivity contribution in [2.24, 2.45) is 4.99 Å². The number of nitrogens with zero attached hydrogens (tertiary/aromatic N) is 1. The Morgan fingerprint density at radius 1 is 1.19 bits per heavy atom. The largest absolute Gasteiger partial charge is 0.354 e. The Hall–Kier alpha value is -1.22. The monoisotopic (exact) mass is 239 g/mol. The van der Waals surface area contributed by atoms with Crippen molar-refractivity contribution in [1.82, 2.24) is 5.32 Å². The standard InChI is InChI=1S/C12H17N3.ClH/c1-8-6-9(2)11(10(3)7-8)15-12-13-4-5-14-12;/h6-7H,4-5H2,1-3H3,(H2,13,14,15);1H. The second-order valence-corrected chi connectivity index (χ2v) is 4.06. The zero-order valence-electron chi connectivity index (χ0n) is 9.92. The molecule has 2 N–H and O–H groups in total. The summed E-state index contributed by atoms with van der Waals surface area (Å²) in [5.41, 5.74) is 5.01. The highest BCUT2D eigenvalue weighted by atomic mass is 35.5. The van der Waals surface area contributed by atoms with Gasteiger partial charge in [0.2, 0.25) is 0 Å². The number of hydrogen-bond donors (Lipinski definition) is 2. The van der Waals surface area contributed by atoms with Crippen LogP contribution in [0.3, 0.4) is 0 Å². The van der Waals surface area contributed by atoms with Crippen LogP contribution in [0.4, 0.5) is 5.69 Å². The maximum absolute atomic E-state index is 4.33. The normalized spacial score (nSPS) is 13.8. The summed E-state index contributed by atoms with van der Waals surface area (Å²) in [6.07, 6.45) is 0. The van der Waals surface area contributed by atoms with E-state index in [2.05, 4.69) is 48.5 Å². The third kappa shape index (κ3) is 2.67. The number of aliphatic imine (C=N–C) groups is 1. The first-order valence-electron chi connectivity index (χ1n) is 5.30. The van der Waals surface area contributed by atoms with Crippen LogP contribution < -0.4 is 10.6 Å². The zero-order valence-corrected chi connectivity index (χ0v) is 10.7. The van der Waals surface area contributed by atoms with E-state index in [-0.39, 0.29) is 12.4 Å². The molecule has 0 saturated heterocycles. The molecule has 0 spiro atoms. The lowest BCUT2D eigenvalue weighted by molar-refractivity contribution is 0.959. The van der Waals surface area contributed by atoms with Crippen LogP contribution in [-0.4, -0.2) is 19.0 Å². The van der Waals surface area contributed by atoms with E-state index in [1.807, 2.05) is 0 Å². The van der Waals surface area contributed by atoms with E-state index in [1.54, 1.807) is 0 Å². The number of nitrogens with one attached hydrogen (secondary N) is 2. The summed E-state index contributed by atoms with van der Waals surface area (Å²) in [6, 6.07) is 4.37. The van der Waals surface area contributed by atoms with Gasteiger partial charge >= 0.3 is 0 Å². The molecule has 4 heteroatoms. The molecule has 1 aromatic carbocycles. The molecule has 0 fully saturated rings. The highest BCUT2D eigenvalue weighted by Gasteiger charge is 2.08. The molecule has 0 unspecified atom stereocenters. The summed E-state index contributed by atoms with van der Waals surface area (Å²) in [7, 11) is 0. The minimum absolute atomic E-state index is 0. The molecule has 0 aromatic heterocycles. The van der Waals surface area contributed by atoms with Crippen LogP contribution in [0.25, 0.3) is 0 Å². The van der Waals surface area contributed by atoms with Gasteiger partial charge in [-0.3, -0.25) is 4.99 Å². The van der Waals surface area contributed by atoms with Gasteiger partial charge < -0.3 is 10.6 Å². The molecule has 0 atom stereocenters. The fourth-order valence-corrected chi connectivity index (χ4v) is 1.98. The van der Waals surface area contributed by atoms with Crippen molar-refractivity contribution in [3.05, 3.63) is 28.8 Å². The molecule has 0 bridgehead atoms. The fourth-order valence-electron chi connectivity index (χ4n) is 1.98. The number of hydrogen-bond acceptors (Lipinski definition) is 3. The first-order valence-corrected chi connectivity index (χ1v) is 5.30. The molecule has 16 heavy (non-hydrogen) atoms. The average Bonchev–Trinajstić information content (AvgIpc) is 2.63. The van der Waals surface area contributed by atoms with E-state index < -0.39 is 0 Å². The van der Waals surface area contributed by atoms with E-state index in [0.29, 0.717) is 0 Å². The lowest BCUT2D eigenvalue weighted by Gasteiger charge is -2.13. The minimum atomic E-state index is 0. The molecule has 1 heterocycles. The summed E-state index contributed by atoms with van der Waals surface area (Å²) >= 11 is 0. The van der Waals surface area contributed by atoms with E-state index in [1.165, 1.54) is 22.4 Å². The quantitative estimate of drug-likeness (QED) is 0.790. The summed E-state index contributed by atoms with van der Waals surface area (Å²) in [4.78, 5) is 4.33. The Morgan fingerprint density at radius 2 is 1.81 bits per heavy atom. The molecule has 0 amide bonds. The molecule has 1 aromatic rings. The Balaban J connectivity index is 0.00000128. The smallest absolute Gasteiger partial charge is 0.195 e. The van der Waals surface area contributed by atoms with Gasteiger partial charge in [-0.2, -0.15) is 0 Å².